The van der Waals surface area contributed by atoms with E-state index in [1.807, 2.05) is 6.07 Å². The average Bonchev–Trinajstić information content (AvgIpc) is 3.01. The topological polar surface area (TPSA) is 83.8 Å². The minimum atomic E-state index is -0.483. The van der Waals surface area contributed by atoms with Gasteiger partial charge in [-0.2, -0.15) is 0 Å². The molecular weight excluding hydrogens is 438 g/mol. The molecule has 1 fully saturated rings. The second kappa shape index (κ2) is 8.51. The summed E-state index contributed by atoms with van der Waals surface area (Å²) in [6.45, 7) is 9.57. The number of anilines is 1. The van der Waals surface area contributed by atoms with Gasteiger partial charge in [0.05, 0.1) is 21.9 Å². The van der Waals surface area contributed by atoms with Gasteiger partial charge in [0.1, 0.15) is 0 Å². The molecule has 0 aliphatic carbocycles. The Hall–Kier alpha value is -3.39. The number of amides is 2. The van der Waals surface area contributed by atoms with E-state index in [0.717, 1.165) is 35.1 Å². The first-order chi connectivity index (χ1) is 15.6. The molecule has 2 heterocycles. The van der Waals surface area contributed by atoms with Crippen LogP contribution in [0.2, 0.25) is 0 Å². The maximum Gasteiger partial charge on any atom is 0.293 e. The number of nitro groups is 1. The van der Waals surface area contributed by atoms with Gasteiger partial charge in [0.25, 0.3) is 16.8 Å². The largest absolute Gasteiger partial charge is 0.363 e. The van der Waals surface area contributed by atoms with Crippen molar-refractivity contribution in [2.45, 2.75) is 39.8 Å². The summed E-state index contributed by atoms with van der Waals surface area (Å²) >= 11 is 0.912. The Morgan fingerprint density at radius 1 is 1.12 bits per heavy atom. The number of carbonyl (C=O) groups excluding carboxylic acids is 2. The van der Waals surface area contributed by atoms with E-state index < -0.39 is 4.92 Å². The molecule has 2 aromatic rings. The number of hydrogen-bond donors (Lipinski definition) is 0. The number of imide groups is 1. The molecule has 0 spiro atoms. The fraction of sp³-hybridized carbons (Fsp3) is 0.280. The van der Waals surface area contributed by atoms with E-state index >= 15 is 0 Å². The molecule has 33 heavy (non-hydrogen) atoms. The van der Waals surface area contributed by atoms with Crippen LogP contribution in [0.25, 0.3) is 11.6 Å². The zero-order chi connectivity index (χ0) is 23.9. The normalized spacial score (nSPS) is 18.5. The van der Waals surface area contributed by atoms with Gasteiger partial charge in [-0.15, -0.1) is 0 Å². The highest BCUT2D eigenvalue weighted by molar-refractivity contribution is 8.18. The van der Waals surface area contributed by atoms with Crippen LogP contribution in [0.1, 0.15) is 44.4 Å². The highest BCUT2D eigenvalue weighted by Gasteiger charge is 2.35. The van der Waals surface area contributed by atoms with Crippen molar-refractivity contribution in [3.05, 3.63) is 80.3 Å². The van der Waals surface area contributed by atoms with E-state index in [0.29, 0.717) is 10.5 Å². The number of thioether (sulfide) groups is 1. The van der Waals surface area contributed by atoms with Crippen molar-refractivity contribution in [1.82, 2.24) is 4.90 Å². The lowest BCUT2D eigenvalue weighted by Gasteiger charge is -2.42. The van der Waals surface area contributed by atoms with Crippen molar-refractivity contribution in [2.75, 3.05) is 11.4 Å². The molecule has 2 aliphatic rings. The fourth-order valence-electron chi connectivity index (χ4n) is 4.46. The van der Waals surface area contributed by atoms with Gasteiger partial charge in [0, 0.05) is 29.9 Å². The van der Waals surface area contributed by atoms with Crippen LogP contribution in [0, 0.1) is 10.1 Å². The fourth-order valence-corrected chi connectivity index (χ4v) is 5.30. The number of nitro benzene ring substituents is 1. The lowest BCUT2D eigenvalue weighted by atomic mass is 9.88. The summed E-state index contributed by atoms with van der Waals surface area (Å²) in [7, 11) is 0. The molecule has 8 heteroatoms. The molecule has 0 aromatic heterocycles. The quantitative estimate of drug-likeness (QED) is 0.314. The van der Waals surface area contributed by atoms with Crippen LogP contribution >= 0.6 is 11.8 Å². The van der Waals surface area contributed by atoms with Gasteiger partial charge in [-0.1, -0.05) is 24.3 Å². The van der Waals surface area contributed by atoms with Crippen LogP contribution < -0.4 is 4.90 Å². The minimum Gasteiger partial charge on any atom is -0.363 e. The summed E-state index contributed by atoms with van der Waals surface area (Å²) in [5.41, 5.74) is 4.87. The molecule has 0 radical (unpaired) electrons. The molecular formula is C25H25N3O4S. The minimum absolute atomic E-state index is 0.0328. The van der Waals surface area contributed by atoms with Crippen LogP contribution in [0.15, 0.2) is 53.4 Å². The van der Waals surface area contributed by atoms with Crippen molar-refractivity contribution in [1.29, 1.82) is 0 Å². The number of allylic oxidation sites excluding steroid dienone is 1. The predicted octanol–water partition coefficient (Wildman–Crippen LogP) is 5.85. The lowest BCUT2D eigenvalue weighted by molar-refractivity contribution is -0.384. The van der Waals surface area contributed by atoms with Gasteiger partial charge in [-0.3, -0.25) is 24.6 Å². The second-order valence-corrected chi connectivity index (χ2v) is 9.69. The third-order valence-electron chi connectivity index (χ3n) is 5.98. The molecule has 2 amide bonds. The second-order valence-electron chi connectivity index (χ2n) is 8.69. The third-order valence-corrected chi connectivity index (χ3v) is 6.88. The summed E-state index contributed by atoms with van der Waals surface area (Å²) < 4.78 is 0. The van der Waals surface area contributed by atoms with Crippen molar-refractivity contribution in [3.8, 4) is 0 Å². The Bertz CT molecular complexity index is 1210. The van der Waals surface area contributed by atoms with E-state index in [-0.39, 0.29) is 28.9 Å². The molecule has 0 N–H and O–H groups in total. The molecule has 170 valence electrons. The SMILES string of the molecule is CCN1c2ccc(/C=C3\SC(=O)N(Cc4ccc([N+](=O)[O-])cc4)C3=O)cc2C(C)=CC1(C)C. The molecule has 0 saturated carbocycles. The van der Waals surface area contributed by atoms with Gasteiger partial charge in [0.15, 0.2) is 0 Å². The Labute approximate surface area is 196 Å². The molecule has 0 atom stereocenters. The van der Waals surface area contributed by atoms with E-state index in [2.05, 4.69) is 50.8 Å². The predicted molar refractivity (Wildman–Crippen MR) is 132 cm³/mol. The Morgan fingerprint density at radius 2 is 1.82 bits per heavy atom. The first-order valence-electron chi connectivity index (χ1n) is 10.7. The van der Waals surface area contributed by atoms with Crippen molar-refractivity contribution < 1.29 is 14.5 Å². The smallest absolute Gasteiger partial charge is 0.293 e. The van der Waals surface area contributed by atoms with Crippen LogP contribution in [0.4, 0.5) is 16.2 Å². The molecule has 0 bridgehead atoms. The zero-order valence-electron chi connectivity index (χ0n) is 19.0. The summed E-state index contributed by atoms with van der Waals surface area (Å²) in [6.07, 6.45) is 4.00. The third kappa shape index (κ3) is 4.30. The number of nitrogens with zero attached hydrogens (tertiary/aromatic N) is 3. The van der Waals surface area contributed by atoms with Gasteiger partial charge in [0.2, 0.25) is 0 Å². The highest BCUT2D eigenvalue weighted by Crippen LogP contribution is 2.40. The molecule has 2 aliphatic heterocycles. The van der Waals surface area contributed by atoms with Crippen molar-refractivity contribution in [2.24, 2.45) is 0 Å². The molecule has 4 rings (SSSR count). The molecule has 1 saturated heterocycles. The Morgan fingerprint density at radius 3 is 2.45 bits per heavy atom. The van der Waals surface area contributed by atoms with Crippen molar-refractivity contribution >= 4 is 45.9 Å². The number of hydrogen-bond acceptors (Lipinski definition) is 6. The van der Waals surface area contributed by atoms with E-state index in [9.17, 15) is 19.7 Å². The number of carbonyl (C=O) groups is 2. The first-order valence-corrected chi connectivity index (χ1v) is 11.5. The maximum absolute atomic E-state index is 12.9. The van der Waals surface area contributed by atoms with Gasteiger partial charge < -0.3 is 4.90 Å². The number of benzene rings is 2. The van der Waals surface area contributed by atoms with Gasteiger partial charge in [-0.05, 0) is 74.4 Å². The Balaban J connectivity index is 1.58. The summed E-state index contributed by atoms with van der Waals surface area (Å²) in [5, 5.41) is 10.5. The molecule has 0 unspecified atom stereocenters. The van der Waals surface area contributed by atoms with Gasteiger partial charge >= 0.3 is 0 Å². The van der Waals surface area contributed by atoms with Crippen LogP contribution in [-0.2, 0) is 11.3 Å². The van der Waals surface area contributed by atoms with Crippen LogP contribution in [-0.4, -0.2) is 33.1 Å². The zero-order valence-corrected chi connectivity index (χ0v) is 19.8. The van der Waals surface area contributed by atoms with Crippen LogP contribution in [0.3, 0.4) is 0 Å². The Kier molecular flexibility index (Phi) is 5.88. The summed E-state index contributed by atoms with van der Waals surface area (Å²) in [6, 6.07) is 12.0. The van der Waals surface area contributed by atoms with Gasteiger partial charge in [-0.25, -0.2) is 0 Å². The number of non-ortho nitro benzene ring substituents is 1. The number of likely N-dealkylation sites (N-methyl/N-ethyl adjacent to an activating group) is 1. The van der Waals surface area contributed by atoms with Crippen LogP contribution in [0.5, 0.6) is 0 Å². The highest BCUT2D eigenvalue weighted by atomic mass is 32.2. The average molecular weight is 464 g/mol. The molecule has 7 nitrogen and oxygen atoms in total. The maximum atomic E-state index is 12.9. The summed E-state index contributed by atoms with van der Waals surface area (Å²) in [5.74, 6) is -0.357. The molecule has 2 aromatic carbocycles. The lowest BCUT2D eigenvalue weighted by Crippen LogP contribution is -2.44. The van der Waals surface area contributed by atoms with Crippen molar-refractivity contribution in [3.63, 3.8) is 0 Å². The standard InChI is InChI=1S/C25H25N3O4S/c1-5-27-21-11-8-18(12-20(21)16(2)14-25(27,3)4)13-22-23(29)26(24(30)33-22)15-17-6-9-19(10-7-17)28(31)32/h6-14H,5,15H2,1-4H3/b22-13-. The van der Waals surface area contributed by atoms with E-state index in [1.165, 1.54) is 22.6 Å². The first kappa shape index (κ1) is 22.8. The van der Waals surface area contributed by atoms with E-state index in [4.69, 9.17) is 0 Å². The van der Waals surface area contributed by atoms with E-state index in [1.54, 1.807) is 18.2 Å². The summed E-state index contributed by atoms with van der Waals surface area (Å²) in [4.78, 5) is 39.7. The number of rotatable bonds is 5. The monoisotopic (exact) mass is 463 g/mol. The number of fused-ring (bicyclic) bond motifs is 1.